The van der Waals surface area contributed by atoms with Crippen LogP contribution < -0.4 is 0 Å². The van der Waals surface area contributed by atoms with E-state index in [4.69, 9.17) is 0 Å². The largest absolute Gasteiger partial charge is 0.282 e. The summed E-state index contributed by atoms with van der Waals surface area (Å²) >= 11 is 0. The molecule has 2 heteroatoms. The lowest BCUT2D eigenvalue weighted by atomic mass is 9.91. The molecule has 1 aromatic rings. The Hall–Kier alpha value is -1.33. The number of benzene rings is 1. The molecule has 0 aliphatic heterocycles. The molecule has 1 unspecified atom stereocenters. The number of hydrogen-bond acceptors (Lipinski definition) is 2. The molecule has 0 saturated heterocycles. The average Bonchev–Trinajstić information content (AvgIpc) is 2.71. The molecule has 1 aromatic carbocycles. The number of hydrogen-bond donors (Lipinski definition) is 0. The quantitative estimate of drug-likeness (QED) is 0.773. The molecule has 0 saturated carbocycles. The molecule has 1 aliphatic rings. The summed E-state index contributed by atoms with van der Waals surface area (Å²) < 4.78 is 0. The van der Waals surface area contributed by atoms with Crippen LogP contribution in [0, 0.1) is 11.3 Å². The first-order valence-corrected chi connectivity index (χ1v) is 6.03. The Morgan fingerprint density at radius 1 is 1.31 bits per heavy atom. The molecule has 16 heavy (non-hydrogen) atoms. The van der Waals surface area contributed by atoms with Gasteiger partial charge in [0.1, 0.15) is 5.54 Å². The summed E-state index contributed by atoms with van der Waals surface area (Å²) in [7, 11) is 0. The van der Waals surface area contributed by atoms with Crippen LogP contribution in [0.2, 0.25) is 0 Å². The normalized spacial score (nSPS) is 23.1. The Bertz CT molecular complexity index is 415. The van der Waals surface area contributed by atoms with Gasteiger partial charge in [-0.2, -0.15) is 5.26 Å². The van der Waals surface area contributed by atoms with E-state index < -0.39 is 0 Å². The van der Waals surface area contributed by atoms with Crippen molar-refractivity contribution in [2.45, 2.75) is 32.2 Å². The second kappa shape index (κ2) is 4.27. The summed E-state index contributed by atoms with van der Waals surface area (Å²) in [5.41, 5.74) is 2.19. The van der Waals surface area contributed by atoms with Gasteiger partial charge in [0.25, 0.3) is 0 Å². The summed E-state index contributed by atoms with van der Waals surface area (Å²) in [5, 5.41) is 9.60. The SMILES string of the molecule is CCN(CC)C1(C#N)CCc2ccccc21. The van der Waals surface area contributed by atoms with Crippen molar-refractivity contribution in [3.8, 4) is 6.07 Å². The molecule has 2 rings (SSSR count). The molecule has 0 fully saturated rings. The smallest absolute Gasteiger partial charge is 0.135 e. The van der Waals surface area contributed by atoms with Crippen LogP contribution in [0.1, 0.15) is 31.4 Å². The molecule has 84 valence electrons. The minimum absolute atomic E-state index is 0.375. The summed E-state index contributed by atoms with van der Waals surface area (Å²) in [4.78, 5) is 2.28. The fourth-order valence-electron chi connectivity index (χ4n) is 2.87. The maximum atomic E-state index is 9.60. The van der Waals surface area contributed by atoms with E-state index in [1.165, 1.54) is 11.1 Å². The lowest BCUT2D eigenvalue weighted by Gasteiger charge is -2.35. The fourth-order valence-corrected chi connectivity index (χ4v) is 2.87. The first kappa shape index (κ1) is 11.2. The van der Waals surface area contributed by atoms with Gasteiger partial charge in [0, 0.05) is 0 Å². The van der Waals surface area contributed by atoms with Crippen molar-refractivity contribution < 1.29 is 0 Å². The number of rotatable bonds is 3. The highest BCUT2D eigenvalue weighted by Crippen LogP contribution is 2.40. The zero-order valence-corrected chi connectivity index (χ0v) is 10.0. The first-order chi connectivity index (χ1) is 7.78. The van der Waals surface area contributed by atoms with E-state index in [0.717, 1.165) is 25.9 Å². The predicted octanol–water partition coefficient (Wildman–Crippen LogP) is 2.69. The van der Waals surface area contributed by atoms with Crippen LogP contribution in [0.4, 0.5) is 0 Å². The second-order valence-electron chi connectivity index (χ2n) is 4.30. The predicted molar refractivity (Wildman–Crippen MR) is 65.0 cm³/mol. The van der Waals surface area contributed by atoms with Gasteiger partial charge in [-0.05, 0) is 37.1 Å². The van der Waals surface area contributed by atoms with Crippen LogP contribution in [0.3, 0.4) is 0 Å². The van der Waals surface area contributed by atoms with Gasteiger partial charge in [0.15, 0.2) is 0 Å². The van der Waals surface area contributed by atoms with Crippen LogP contribution in [0.25, 0.3) is 0 Å². The maximum Gasteiger partial charge on any atom is 0.135 e. The molecule has 2 nitrogen and oxygen atoms in total. The monoisotopic (exact) mass is 214 g/mol. The topological polar surface area (TPSA) is 27.0 Å². The third-order valence-corrected chi connectivity index (χ3v) is 3.71. The van der Waals surface area contributed by atoms with Crippen LogP contribution in [-0.4, -0.2) is 18.0 Å². The molecule has 0 spiro atoms. The molecule has 0 heterocycles. The minimum atomic E-state index is -0.375. The number of aryl methyl sites for hydroxylation is 1. The van der Waals surface area contributed by atoms with E-state index in [0.29, 0.717) is 0 Å². The molecule has 0 amide bonds. The van der Waals surface area contributed by atoms with E-state index in [-0.39, 0.29) is 5.54 Å². The first-order valence-electron chi connectivity index (χ1n) is 6.03. The zero-order valence-electron chi connectivity index (χ0n) is 10.0. The highest BCUT2D eigenvalue weighted by Gasteiger charge is 2.42. The third kappa shape index (κ3) is 1.44. The van der Waals surface area contributed by atoms with Gasteiger partial charge >= 0.3 is 0 Å². The van der Waals surface area contributed by atoms with Crippen LogP contribution in [-0.2, 0) is 12.0 Å². The van der Waals surface area contributed by atoms with Crippen LogP contribution in [0.15, 0.2) is 24.3 Å². The number of nitrogens with zero attached hydrogens (tertiary/aromatic N) is 2. The third-order valence-electron chi connectivity index (χ3n) is 3.71. The Kier molecular flexibility index (Phi) is 2.98. The second-order valence-corrected chi connectivity index (χ2v) is 4.30. The van der Waals surface area contributed by atoms with Crippen molar-refractivity contribution in [1.29, 1.82) is 5.26 Å². The van der Waals surface area contributed by atoms with Crippen molar-refractivity contribution >= 4 is 0 Å². The maximum absolute atomic E-state index is 9.60. The highest BCUT2D eigenvalue weighted by molar-refractivity contribution is 5.43. The molecule has 0 N–H and O–H groups in total. The van der Waals surface area contributed by atoms with Gasteiger partial charge in [-0.3, -0.25) is 4.90 Å². The standard InChI is InChI=1S/C14H18N2/c1-3-16(4-2)14(11-15)10-9-12-7-5-6-8-13(12)14/h5-8H,3-4,9-10H2,1-2H3. The summed E-state index contributed by atoms with van der Waals surface area (Å²) in [6.45, 7) is 6.11. The lowest BCUT2D eigenvalue weighted by Crippen LogP contribution is -2.43. The van der Waals surface area contributed by atoms with Crippen molar-refractivity contribution in [3.63, 3.8) is 0 Å². The Morgan fingerprint density at radius 2 is 2.00 bits per heavy atom. The number of fused-ring (bicyclic) bond motifs is 1. The van der Waals surface area contributed by atoms with E-state index in [1.54, 1.807) is 0 Å². The Labute approximate surface area is 97.5 Å². The van der Waals surface area contributed by atoms with Crippen LogP contribution in [0.5, 0.6) is 0 Å². The Balaban J connectivity index is 2.50. The fraction of sp³-hybridized carbons (Fsp3) is 0.500. The van der Waals surface area contributed by atoms with E-state index >= 15 is 0 Å². The van der Waals surface area contributed by atoms with Gasteiger partial charge in [-0.1, -0.05) is 38.1 Å². The molecule has 1 atom stereocenters. The van der Waals surface area contributed by atoms with Gasteiger partial charge in [0.2, 0.25) is 0 Å². The average molecular weight is 214 g/mol. The van der Waals surface area contributed by atoms with E-state index in [2.05, 4.69) is 43.0 Å². The van der Waals surface area contributed by atoms with Gasteiger partial charge in [-0.15, -0.1) is 0 Å². The summed E-state index contributed by atoms with van der Waals surface area (Å²) in [6.07, 6.45) is 1.96. The van der Waals surface area contributed by atoms with Crippen molar-refractivity contribution in [2.24, 2.45) is 0 Å². The van der Waals surface area contributed by atoms with E-state index in [9.17, 15) is 5.26 Å². The van der Waals surface area contributed by atoms with Gasteiger partial charge in [0.05, 0.1) is 6.07 Å². The van der Waals surface area contributed by atoms with Crippen molar-refractivity contribution in [1.82, 2.24) is 4.90 Å². The highest BCUT2D eigenvalue weighted by atomic mass is 15.2. The summed E-state index contributed by atoms with van der Waals surface area (Å²) in [6, 6.07) is 10.9. The van der Waals surface area contributed by atoms with Crippen molar-refractivity contribution in [2.75, 3.05) is 13.1 Å². The Morgan fingerprint density at radius 3 is 2.62 bits per heavy atom. The number of nitriles is 1. The van der Waals surface area contributed by atoms with Crippen LogP contribution >= 0.6 is 0 Å². The minimum Gasteiger partial charge on any atom is -0.282 e. The molecular formula is C14H18N2. The molecule has 1 aliphatic carbocycles. The van der Waals surface area contributed by atoms with E-state index in [1.807, 2.05) is 6.07 Å². The van der Waals surface area contributed by atoms with Gasteiger partial charge < -0.3 is 0 Å². The van der Waals surface area contributed by atoms with Gasteiger partial charge in [-0.25, -0.2) is 0 Å². The molecule has 0 bridgehead atoms. The molecule has 0 radical (unpaired) electrons. The molecule has 0 aromatic heterocycles. The zero-order chi connectivity index (χ0) is 11.6. The summed E-state index contributed by atoms with van der Waals surface area (Å²) in [5.74, 6) is 0. The van der Waals surface area contributed by atoms with Crippen molar-refractivity contribution in [3.05, 3.63) is 35.4 Å². The molecular weight excluding hydrogens is 196 g/mol. The lowest BCUT2D eigenvalue weighted by molar-refractivity contribution is 0.153.